The fraction of sp³-hybridized carbons (Fsp3) is 0.812. The van der Waals surface area contributed by atoms with Gasteiger partial charge in [0.2, 0.25) is 7.28 Å². The average Bonchev–Trinajstić information content (AvgIpc) is 2.78. The number of nitrogens with one attached hydrogen (secondary N) is 1. The van der Waals surface area contributed by atoms with Gasteiger partial charge in [0, 0.05) is 0 Å². The van der Waals surface area contributed by atoms with Crippen molar-refractivity contribution in [3.05, 3.63) is 0 Å². The van der Waals surface area contributed by atoms with Crippen LogP contribution in [0.2, 0.25) is 18.1 Å². The molecule has 2 N–H and O–H groups in total. The molecule has 11 heteroatoms. The third-order valence-electron chi connectivity index (χ3n) is 4.85. The van der Waals surface area contributed by atoms with Crippen molar-refractivity contribution in [1.29, 1.82) is 0 Å². The smallest absolute Gasteiger partial charge is 0.414 e. The van der Waals surface area contributed by atoms with E-state index < -0.39 is 51.3 Å². The molecule has 0 aromatic carbocycles. The van der Waals surface area contributed by atoms with Crippen LogP contribution in [-0.4, -0.2) is 70.3 Å². The Hall–Kier alpha value is -1.09. The molecule has 0 bridgehead atoms. The average molecular weight is 411 g/mol. The number of hydrogen-bond donors (Lipinski definition) is 2. The number of ether oxygens (including phenoxy) is 1. The lowest BCUT2D eigenvalue weighted by atomic mass is 9.70. The molecule has 1 aliphatic heterocycles. The van der Waals surface area contributed by atoms with Gasteiger partial charge in [-0.15, -0.1) is 0 Å². The van der Waals surface area contributed by atoms with Gasteiger partial charge in [0.05, 0.1) is 19.2 Å². The number of carbonyl (C=O) groups is 1. The monoisotopic (exact) mass is 411 g/mol. The second-order valence-corrected chi connectivity index (χ2v) is 12.8. The van der Waals surface area contributed by atoms with Crippen LogP contribution in [0.5, 0.6) is 0 Å². The maximum Gasteiger partial charge on any atom is 0.471 e. The minimum atomic E-state index is -4.97. The number of carbonyl (C=O) groups excluding carboxylic acids is 1. The van der Waals surface area contributed by atoms with Gasteiger partial charge in [0.15, 0.2) is 8.32 Å². The summed E-state index contributed by atoms with van der Waals surface area (Å²) >= 11 is 0. The summed E-state index contributed by atoms with van der Waals surface area (Å²) in [6, 6.07) is -1.00. The van der Waals surface area contributed by atoms with Gasteiger partial charge in [-0.1, -0.05) is 26.7 Å². The predicted molar refractivity (Wildman–Crippen MR) is 96.7 cm³/mol. The van der Waals surface area contributed by atoms with Gasteiger partial charge in [0.1, 0.15) is 18.4 Å². The lowest BCUT2D eigenvalue weighted by molar-refractivity contribution is -0.173. The van der Waals surface area contributed by atoms with E-state index in [2.05, 4.69) is 32.5 Å². The van der Waals surface area contributed by atoms with Crippen LogP contribution in [0.3, 0.4) is 0 Å². The highest BCUT2D eigenvalue weighted by Crippen LogP contribution is 2.37. The third kappa shape index (κ3) is 6.78. The predicted octanol–water partition coefficient (Wildman–Crippen LogP) is 1.51. The molecule has 1 amide bonds. The summed E-state index contributed by atoms with van der Waals surface area (Å²) < 4.78 is 61.6. The number of amides is 1. The highest BCUT2D eigenvalue weighted by molar-refractivity contribution is 6.74. The molecule has 1 saturated heterocycles. The van der Waals surface area contributed by atoms with Gasteiger partial charge >= 0.3 is 12.1 Å². The van der Waals surface area contributed by atoms with Gasteiger partial charge in [-0.05, 0) is 18.1 Å². The largest absolute Gasteiger partial charge is 0.471 e. The summed E-state index contributed by atoms with van der Waals surface area (Å²) in [5.41, 5.74) is 0. The van der Waals surface area contributed by atoms with Crippen molar-refractivity contribution in [1.82, 2.24) is 5.32 Å². The highest BCUT2D eigenvalue weighted by Gasteiger charge is 2.46. The number of aliphatic hydroxyl groups excluding tert-OH is 1. The van der Waals surface area contributed by atoms with E-state index in [1.165, 1.54) is 0 Å². The third-order valence-corrected chi connectivity index (χ3v) is 9.35. The van der Waals surface area contributed by atoms with E-state index in [1.54, 1.807) is 5.32 Å². The van der Waals surface area contributed by atoms with Crippen LogP contribution < -0.4 is 5.32 Å². The molecule has 0 aromatic heterocycles. The van der Waals surface area contributed by atoms with E-state index in [0.29, 0.717) is 0 Å². The molecule has 0 saturated carbocycles. The van der Waals surface area contributed by atoms with Gasteiger partial charge in [-0.25, -0.2) is 4.39 Å². The van der Waals surface area contributed by atoms with Crippen molar-refractivity contribution < 1.29 is 36.6 Å². The molecular formula is C16H26BF4NO4Si. The van der Waals surface area contributed by atoms with Crippen LogP contribution >= 0.6 is 0 Å². The van der Waals surface area contributed by atoms with E-state index in [0.717, 1.165) is 0 Å². The summed E-state index contributed by atoms with van der Waals surface area (Å²) in [6.07, 6.45) is -8.82. The van der Waals surface area contributed by atoms with Crippen molar-refractivity contribution >= 4 is 21.5 Å². The summed E-state index contributed by atoms with van der Waals surface area (Å²) in [5.74, 6) is 2.68. The Balaban J connectivity index is 2.50. The van der Waals surface area contributed by atoms with Crippen LogP contribution in [0.25, 0.3) is 0 Å². The molecule has 1 heterocycles. The topological polar surface area (TPSA) is 67.8 Å². The summed E-state index contributed by atoms with van der Waals surface area (Å²) in [4.78, 5) is 10.6. The first-order valence-electron chi connectivity index (χ1n) is 8.59. The Labute approximate surface area is 158 Å². The van der Waals surface area contributed by atoms with E-state index in [9.17, 15) is 27.5 Å². The van der Waals surface area contributed by atoms with Gasteiger partial charge in [-0.2, -0.15) is 19.0 Å². The minimum absolute atomic E-state index is 0.0442. The Morgan fingerprint density at radius 2 is 1.93 bits per heavy atom. The zero-order valence-electron chi connectivity index (χ0n) is 16.1. The highest BCUT2D eigenvalue weighted by atomic mass is 28.4. The lowest BCUT2D eigenvalue weighted by Gasteiger charge is -2.37. The number of halogens is 4. The molecular weight excluding hydrogens is 385 g/mol. The molecule has 154 valence electrons. The van der Waals surface area contributed by atoms with Gasteiger partial charge < -0.3 is 19.6 Å². The molecule has 5 nitrogen and oxygen atoms in total. The summed E-state index contributed by atoms with van der Waals surface area (Å²) in [5, 5.41) is 11.5. The van der Waals surface area contributed by atoms with Gasteiger partial charge in [0.25, 0.3) is 0 Å². The molecule has 1 aliphatic rings. The molecule has 0 spiro atoms. The second kappa shape index (κ2) is 8.94. The molecule has 4 atom stereocenters. The van der Waals surface area contributed by atoms with Crippen molar-refractivity contribution in [3.8, 4) is 11.7 Å². The molecule has 1 fully saturated rings. The normalized spacial score (nSPS) is 26.3. The molecule has 0 radical (unpaired) electrons. The molecule has 27 heavy (non-hydrogen) atoms. The lowest BCUT2D eigenvalue weighted by Crippen LogP contribution is -2.44. The van der Waals surface area contributed by atoms with E-state index in [1.807, 2.05) is 13.1 Å². The Bertz CT molecular complexity index is 586. The first-order chi connectivity index (χ1) is 12.2. The number of alkyl halides is 4. The minimum Gasteiger partial charge on any atom is -0.414 e. The zero-order chi connectivity index (χ0) is 21.0. The van der Waals surface area contributed by atoms with Crippen LogP contribution in [0.1, 0.15) is 20.8 Å². The number of hydrogen-bond acceptors (Lipinski definition) is 4. The molecule has 0 aromatic rings. The summed E-state index contributed by atoms with van der Waals surface area (Å²) in [6.45, 7) is 9.77. The Morgan fingerprint density at radius 1 is 1.33 bits per heavy atom. The van der Waals surface area contributed by atoms with Crippen LogP contribution in [0, 0.1) is 11.7 Å². The van der Waals surface area contributed by atoms with E-state index in [4.69, 9.17) is 9.16 Å². The van der Waals surface area contributed by atoms with Crippen LogP contribution in [0.15, 0.2) is 0 Å². The van der Waals surface area contributed by atoms with Crippen LogP contribution in [0.4, 0.5) is 17.6 Å². The quantitative estimate of drug-likeness (QED) is 0.409. The van der Waals surface area contributed by atoms with E-state index in [-0.39, 0.29) is 18.9 Å². The standard InChI is InChI=1S/C16H26BF4NO4Si/c1-15(2,3)27(4,5)25-9-10-12(23)11(18)13(26-10)17-7-6-8-22-14(24)16(19,20)21/h10-13,17,23H,8-9H2,1-5H3,(H,22,24)/t10-,11+,12?,13-/m1/s1. The second-order valence-electron chi connectivity index (χ2n) is 7.96. The van der Waals surface area contributed by atoms with Crippen molar-refractivity contribution in [2.24, 2.45) is 0 Å². The molecule has 1 unspecified atom stereocenters. The fourth-order valence-corrected chi connectivity index (χ4v) is 3.08. The van der Waals surface area contributed by atoms with Crippen molar-refractivity contribution in [2.45, 2.75) is 69.5 Å². The Kier molecular flexibility index (Phi) is 7.93. The van der Waals surface area contributed by atoms with Crippen LogP contribution in [-0.2, 0) is 14.0 Å². The fourth-order valence-electron chi connectivity index (χ4n) is 2.07. The maximum atomic E-state index is 14.2. The Morgan fingerprint density at radius 3 is 2.44 bits per heavy atom. The molecule has 1 rings (SSSR count). The first-order valence-corrected chi connectivity index (χ1v) is 11.5. The number of aliphatic hydroxyl groups is 1. The SMILES string of the molecule is CC(C)(C)[Si](C)(C)OC[C@H]1O[C@@H](BC#CCNC(=O)C(F)(F)F)[C@@H](F)C1O. The maximum absolute atomic E-state index is 14.2. The van der Waals surface area contributed by atoms with Crippen molar-refractivity contribution in [2.75, 3.05) is 13.2 Å². The first kappa shape index (κ1) is 24.0. The molecule has 0 aliphatic carbocycles. The zero-order valence-corrected chi connectivity index (χ0v) is 17.1. The number of rotatable bonds is 5. The van der Waals surface area contributed by atoms with E-state index >= 15 is 0 Å². The summed E-state index contributed by atoms with van der Waals surface area (Å²) in [7, 11) is -2.20. The van der Waals surface area contributed by atoms with Gasteiger partial charge in [-0.3, -0.25) is 4.79 Å². The van der Waals surface area contributed by atoms with Crippen molar-refractivity contribution in [3.63, 3.8) is 0 Å².